The highest BCUT2D eigenvalue weighted by Crippen LogP contribution is 2.00. The molecule has 0 spiro atoms. The number of hydrogen-bond acceptors (Lipinski definition) is 2. The van der Waals surface area contributed by atoms with Crippen molar-refractivity contribution in [3.05, 3.63) is 12.2 Å². The van der Waals surface area contributed by atoms with Gasteiger partial charge in [-0.05, 0) is 26.2 Å². The van der Waals surface area contributed by atoms with Gasteiger partial charge >= 0.3 is 5.97 Å². The smallest absolute Gasteiger partial charge is 0.330 e. The molecule has 0 saturated heterocycles. The van der Waals surface area contributed by atoms with Gasteiger partial charge in [-0.1, -0.05) is 19.9 Å². The number of allylic oxidation sites excluding steroid dienone is 1. The van der Waals surface area contributed by atoms with Crippen molar-refractivity contribution in [2.24, 2.45) is 5.92 Å². The van der Waals surface area contributed by atoms with E-state index in [-0.39, 0.29) is 12.1 Å². The first-order valence-electron chi connectivity index (χ1n) is 4.39. The molecule has 0 aromatic carbocycles. The number of rotatable bonds is 4. The van der Waals surface area contributed by atoms with Gasteiger partial charge in [0, 0.05) is 6.08 Å². The first kappa shape index (κ1) is 11.2. The summed E-state index contributed by atoms with van der Waals surface area (Å²) in [6.07, 6.45) is 4.25. The SMILES string of the molecule is CC(C)C/C=C/C(=O)OC(C)C. The molecule has 0 atom stereocenters. The van der Waals surface area contributed by atoms with E-state index in [0.717, 1.165) is 6.42 Å². The van der Waals surface area contributed by atoms with E-state index >= 15 is 0 Å². The molecule has 0 aromatic rings. The Hall–Kier alpha value is -0.790. The third-order valence-corrected chi connectivity index (χ3v) is 1.21. The molecule has 0 aliphatic rings. The summed E-state index contributed by atoms with van der Waals surface area (Å²) >= 11 is 0. The van der Waals surface area contributed by atoms with Crippen LogP contribution in [-0.2, 0) is 9.53 Å². The third-order valence-electron chi connectivity index (χ3n) is 1.21. The number of carbonyl (C=O) groups excluding carboxylic acids is 1. The van der Waals surface area contributed by atoms with E-state index in [2.05, 4.69) is 13.8 Å². The molecule has 2 nitrogen and oxygen atoms in total. The average Bonchev–Trinajstić information content (AvgIpc) is 1.84. The van der Waals surface area contributed by atoms with Crippen LogP contribution < -0.4 is 0 Å². The van der Waals surface area contributed by atoms with Crippen molar-refractivity contribution in [1.29, 1.82) is 0 Å². The Kier molecular flexibility index (Phi) is 5.43. The lowest BCUT2D eigenvalue weighted by Gasteiger charge is -2.04. The Morgan fingerprint density at radius 3 is 2.33 bits per heavy atom. The number of esters is 1. The fourth-order valence-corrected chi connectivity index (χ4v) is 0.708. The molecular formula is C10H18O2. The first-order chi connectivity index (χ1) is 5.52. The molecule has 0 aliphatic heterocycles. The van der Waals surface area contributed by atoms with E-state index < -0.39 is 0 Å². The summed E-state index contributed by atoms with van der Waals surface area (Å²) < 4.78 is 4.91. The molecule has 12 heavy (non-hydrogen) atoms. The van der Waals surface area contributed by atoms with E-state index in [0.29, 0.717) is 5.92 Å². The standard InChI is InChI=1S/C10H18O2/c1-8(2)6-5-7-10(11)12-9(3)4/h5,7-9H,6H2,1-4H3/b7-5+. The van der Waals surface area contributed by atoms with Gasteiger partial charge in [-0.15, -0.1) is 0 Å². The Bertz CT molecular complexity index is 157. The summed E-state index contributed by atoms with van der Waals surface area (Å²) in [5.41, 5.74) is 0. The molecule has 70 valence electrons. The molecular weight excluding hydrogens is 152 g/mol. The molecule has 2 heteroatoms. The van der Waals surface area contributed by atoms with E-state index in [9.17, 15) is 4.79 Å². The number of ether oxygens (including phenoxy) is 1. The van der Waals surface area contributed by atoms with Gasteiger partial charge in [0.25, 0.3) is 0 Å². The zero-order valence-corrected chi connectivity index (χ0v) is 8.33. The van der Waals surface area contributed by atoms with Crippen LogP contribution in [0.3, 0.4) is 0 Å². The van der Waals surface area contributed by atoms with Crippen LogP contribution >= 0.6 is 0 Å². The summed E-state index contributed by atoms with van der Waals surface area (Å²) in [5, 5.41) is 0. The van der Waals surface area contributed by atoms with E-state index in [1.807, 2.05) is 19.9 Å². The minimum absolute atomic E-state index is 0.0267. The van der Waals surface area contributed by atoms with Crippen molar-refractivity contribution in [1.82, 2.24) is 0 Å². The van der Waals surface area contributed by atoms with Crippen LogP contribution in [0.15, 0.2) is 12.2 Å². The first-order valence-corrected chi connectivity index (χ1v) is 4.39. The van der Waals surface area contributed by atoms with Gasteiger partial charge in [0.1, 0.15) is 0 Å². The fraction of sp³-hybridized carbons (Fsp3) is 0.700. The van der Waals surface area contributed by atoms with Gasteiger partial charge in [-0.25, -0.2) is 4.79 Å². The minimum Gasteiger partial charge on any atom is -0.460 e. The maximum atomic E-state index is 10.9. The van der Waals surface area contributed by atoms with Crippen molar-refractivity contribution in [3.8, 4) is 0 Å². The van der Waals surface area contributed by atoms with Gasteiger partial charge in [0.2, 0.25) is 0 Å². The van der Waals surface area contributed by atoms with Crippen LogP contribution in [0.25, 0.3) is 0 Å². The molecule has 0 aromatic heterocycles. The van der Waals surface area contributed by atoms with Crippen LogP contribution in [0.5, 0.6) is 0 Å². The van der Waals surface area contributed by atoms with Gasteiger partial charge in [0.15, 0.2) is 0 Å². The summed E-state index contributed by atoms with van der Waals surface area (Å²) in [4.78, 5) is 10.9. The van der Waals surface area contributed by atoms with Crippen LogP contribution in [0.4, 0.5) is 0 Å². The van der Waals surface area contributed by atoms with Crippen LogP contribution in [0.1, 0.15) is 34.1 Å². The zero-order chi connectivity index (χ0) is 9.56. The summed E-state index contributed by atoms with van der Waals surface area (Å²) in [5.74, 6) is 0.346. The topological polar surface area (TPSA) is 26.3 Å². The van der Waals surface area contributed by atoms with Crippen LogP contribution in [0, 0.1) is 5.92 Å². The van der Waals surface area contributed by atoms with Gasteiger partial charge in [0.05, 0.1) is 6.10 Å². The lowest BCUT2D eigenvalue weighted by atomic mass is 10.1. The molecule has 0 rings (SSSR count). The zero-order valence-electron chi connectivity index (χ0n) is 8.33. The molecule has 0 radical (unpaired) electrons. The van der Waals surface area contributed by atoms with Crippen LogP contribution in [0.2, 0.25) is 0 Å². The molecule has 0 saturated carbocycles. The highest BCUT2D eigenvalue weighted by atomic mass is 16.5. The Balaban J connectivity index is 3.61. The second-order valence-electron chi connectivity index (χ2n) is 3.52. The highest BCUT2D eigenvalue weighted by Gasteiger charge is 1.99. The molecule has 0 unspecified atom stereocenters. The maximum Gasteiger partial charge on any atom is 0.330 e. The Morgan fingerprint density at radius 1 is 1.33 bits per heavy atom. The predicted molar refractivity (Wildman–Crippen MR) is 49.8 cm³/mol. The van der Waals surface area contributed by atoms with Crippen molar-refractivity contribution in [2.75, 3.05) is 0 Å². The maximum absolute atomic E-state index is 10.9. The van der Waals surface area contributed by atoms with Crippen molar-refractivity contribution >= 4 is 5.97 Å². The number of hydrogen-bond donors (Lipinski definition) is 0. The summed E-state index contributed by atoms with van der Waals surface area (Å²) in [6, 6.07) is 0. The summed E-state index contributed by atoms with van der Waals surface area (Å²) in [6.45, 7) is 7.90. The number of carbonyl (C=O) groups is 1. The second kappa shape index (κ2) is 5.81. The summed E-state index contributed by atoms with van der Waals surface area (Å²) in [7, 11) is 0. The Morgan fingerprint density at radius 2 is 1.92 bits per heavy atom. The van der Waals surface area contributed by atoms with Crippen molar-refractivity contribution < 1.29 is 9.53 Å². The van der Waals surface area contributed by atoms with E-state index in [1.54, 1.807) is 0 Å². The molecule has 0 heterocycles. The van der Waals surface area contributed by atoms with E-state index in [1.165, 1.54) is 6.08 Å². The van der Waals surface area contributed by atoms with Crippen LogP contribution in [-0.4, -0.2) is 12.1 Å². The lowest BCUT2D eigenvalue weighted by molar-refractivity contribution is -0.141. The Labute approximate surface area is 74.6 Å². The average molecular weight is 170 g/mol. The third kappa shape index (κ3) is 7.32. The second-order valence-corrected chi connectivity index (χ2v) is 3.52. The predicted octanol–water partition coefficient (Wildman–Crippen LogP) is 2.54. The van der Waals surface area contributed by atoms with Gasteiger partial charge in [-0.3, -0.25) is 0 Å². The monoisotopic (exact) mass is 170 g/mol. The normalized spacial score (nSPS) is 11.5. The molecule has 0 amide bonds. The van der Waals surface area contributed by atoms with Crippen molar-refractivity contribution in [2.45, 2.75) is 40.2 Å². The lowest BCUT2D eigenvalue weighted by Crippen LogP contribution is -2.08. The quantitative estimate of drug-likeness (QED) is 0.478. The van der Waals surface area contributed by atoms with Gasteiger partial charge in [-0.2, -0.15) is 0 Å². The highest BCUT2D eigenvalue weighted by molar-refractivity contribution is 5.81. The molecule has 0 bridgehead atoms. The van der Waals surface area contributed by atoms with Gasteiger partial charge < -0.3 is 4.74 Å². The van der Waals surface area contributed by atoms with Crippen molar-refractivity contribution in [3.63, 3.8) is 0 Å². The largest absolute Gasteiger partial charge is 0.460 e. The van der Waals surface area contributed by atoms with E-state index in [4.69, 9.17) is 4.74 Å². The molecule has 0 aliphatic carbocycles. The minimum atomic E-state index is -0.245. The molecule has 0 N–H and O–H groups in total. The fourth-order valence-electron chi connectivity index (χ4n) is 0.708. The molecule has 0 fully saturated rings.